The van der Waals surface area contributed by atoms with Gasteiger partial charge in [-0.25, -0.2) is 9.25 Å². The van der Waals surface area contributed by atoms with Crippen molar-refractivity contribution in [1.29, 1.82) is 0 Å². The monoisotopic (exact) mass is 419 g/mol. The Morgan fingerprint density at radius 1 is 1.10 bits per heavy atom. The molecule has 30 heavy (non-hydrogen) atoms. The first kappa shape index (κ1) is 19.6. The van der Waals surface area contributed by atoms with Gasteiger partial charge in [-0.05, 0) is 35.5 Å². The Bertz CT molecular complexity index is 1190. The molecule has 0 amide bonds. The van der Waals surface area contributed by atoms with Gasteiger partial charge in [0.25, 0.3) is 5.95 Å². The van der Waals surface area contributed by atoms with Crippen molar-refractivity contribution in [2.75, 3.05) is 6.61 Å². The number of pyridine rings is 1. The third-order valence-corrected chi connectivity index (χ3v) is 4.32. The molecule has 0 bridgehead atoms. The zero-order chi connectivity index (χ0) is 21.3. The third-order valence-electron chi connectivity index (χ3n) is 4.32. The van der Waals surface area contributed by atoms with Gasteiger partial charge in [-0.3, -0.25) is 4.98 Å². The number of hydrogen-bond acceptors (Lipinski definition) is 7. The largest absolute Gasteiger partial charge is 0.484 e. The zero-order valence-corrected chi connectivity index (χ0v) is 16.0. The second-order valence-corrected chi connectivity index (χ2v) is 6.39. The van der Waals surface area contributed by atoms with Crippen LogP contribution >= 0.6 is 0 Å². The number of nitrogens with zero attached hydrogens (tertiary/aromatic N) is 7. The lowest BCUT2D eigenvalue weighted by Crippen LogP contribution is -2.20. The van der Waals surface area contributed by atoms with Gasteiger partial charge in [0.15, 0.2) is 6.61 Å². The van der Waals surface area contributed by atoms with Gasteiger partial charge in [-0.1, -0.05) is 17.2 Å². The standard InChI is InChI=1S/C18H16F3N7O2/c1-11-13(22-8-7-15(11)30-10-18(19,20)21)9-29-17-23-12-5-3-4-6-14(12)28(17)16-24-25-26-27(16)2/h3-8H,9-10H2,1-2H3. The first-order chi connectivity index (χ1) is 14.3. The van der Waals surface area contributed by atoms with Crippen molar-refractivity contribution >= 4 is 11.0 Å². The summed E-state index contributed by atoms with van der Waals surface area (Å²) >= 11 is 0. The average molecular weight is 419 g/mol. The van der Waals surface area contributed by atoms with Crippen LogP contribution in [0.25, 0.3) is 17.0 Å². The van der Waals surface area contributed by atoms with E-state index in [2.05, 4.69) is 25.5 Å². The number of imidazole rings is 1. The number of ether oxygens (including phenoxy) is 2. The Morgan fingerprint density at radius 2 is 1.90 bits per heavy atom. The lowest BCUT2D eigenvalue weighted by Gasteiger charge is -2.14. The molecule has 4 rings (SSSR count). The van der Waals surface area contributed by atoms with E-state index in [1.807, 2.05) is 24.3 Å². The van der Waals surface area contributed by atoms with Crippen LogP contribution in [-0.2, 0) is 13.7 Å². The summed E-state index contributed by atoms with van der Waals surface area (Å²) in [5, 5.41) is 11.5. The summed E-state index contributed by atoms with van der Waals surface area (Å²) in [4.78, 5) is 8.66. The van der Waals surface area contributed by atoms with Crippen molar-refractivity contribution in [3.63, 3.8) is 0 Å². The molecule has 0 unspecified atom stereocenters. The van der Waals surface area contributed by atoms with Gasteiger partial charge >= 0.3 is 12.2 Å². The van der Waals surface area contributed by atoms with Crippen LogP contribution in [0, 0.1) is 6.92 Å². The Morgan fingerprint density at radius 3 is 2.63 bits per heavy atom. The lowest BCUT2D eigenvalue weighted by molar-refractivity contribution is -0.153. The Kier molecular flexibility index (Phi) is 4.98. The first-order valence-electron chi connectivity index (χ1n) is 8.80. The van der Waals surface area contributed by atoms with Crippen LogP contribution in [0.1, 0.15) is 11.3 Å². The van der Waals surface area contributed by atoms with Crippen LogP contribution in [-0.4, -0.2) is 47.5 Å². The zero-order valence-electron chi connectivity index (χ0n) is 16.0. The highest BCUT2D eigenvalue weighted by Crippen LogP contribution is 2.27. The molecule has 1 aromatic carbocycles. The minimum absolute atomic E-state index is 0.0380. The maximum Gasteiger partial charge on any atom is 0.422 e. The van der Waals surface area contributed by atoms with Crippen LogP contribution in [0.2, 0.25) is 0 Å². The maximum absolute atomic E-state index is 12.5. The number of rotatable bonds is 6. The van der Waals surface area contributed by atoms with Gasteiger partial charge in [0.05, 0.1) is 16.7 Å². The molecule has 0 saturated carbocycles. The van der Waals surface area contributed by atoms with Gasteiger partial charge in [0, 0.05) is 18.8 Å². The fourth-order valence-electron chi connectivity index (χ4n) is 2.86. The van der Waals surface area contributed by atoms with Crippen molar-refractivity contribution in [3.05, 3.63) is 47.8 Å². The van der Waals surface area contributed by atoms with Crippen molar-refractivity contribution in [2.24, 2.45) is 7.05 Å². The van der Waals surface area contributed by atoms with Gasteiger partial charge in [-0.2, -0.15) is 18.2 Å². The van der Waals surface area contributed by atoms with Gasteiger partial charge in [-0.15, -0.1) is 0 Å². The van der Waals surface area contributed by atoms with Crippen LogP contribution in [0.3, 0.4) is 0 Å². The number of hydrogen-bond donors (Lipinski definition) is 0. The number of tetrazole rings is 1. The minimum atomic E-state index is -4.43. The Balaban J connectivity index is 1.63. The number of fused-ring (bicyclic) bond motifs is 1. The SMILES string of the molecule is Cc1c(OCC(F)(F)F)ccnc1COc1nc2ccccc2n1-c1nnnn1C. The summed E-state index contributed by atoms with van der Waals surface area (Å²) in [6.45, 7) is 0.198. The molecule has 0 fully saturated rings. The summed E-state index contributed by atoms with van der Waals surface area (Å²) in [7, 11) is 1.68. The summed E-state index contributed by atoms with van der Waals surface area (Å²) in [5.74, 6) is 0.484. The highest BCUT2D eigenvalue weighted by atomic mass is 19.4. The van der Waals surface area contributed by atoms with E-state index in [0.29, 0.717) is 22.7 Å². The summed E-state index contributed by atoms with van der Waals surface area (Å²) in [5.41, 5.74) is 2.27. The maximum atomic E-state index is 12.5. The predicted molar refractivity (Wildman–Crippen MR) is 98.3 cm³/mol. The molecule has 12 heteroatoms. The number of aryl methyl sites for hydroxylation is 1. The van der Waals surface area contributed by atoms with E-state index >= 15 is 0 Å². The second kappa shape index (κ2) is 7.61. The van der Waals surface area contributed by atoms with Crippen LogP contribution in [0.15, 0.2) is 36.5 Å². The van der Waals surface area contributed by atoms with E-state index in [1.165, 1.54) is 16.9 Å². The molecule has 0 aliphatic carbocycles. The summed E-state index contributed by atoms with van der Waals surface area (Å²) < 4.78 is 51.2. The lowest BCUT2D eigenvalue weighted by atomic mass is 10.2. The van der Waals surface area contributed by atoms with E-state index in [1.54, 1.807) is 18.5 Å². The summed E-state index contributed by atoms with van der Waals surface area (Å²) in [6, 6.07) is 8.95. The van der Waals surface area contributed by atoms with Crippen molar-refractivity contribution in [2.45, 2.75) is 19.7 Å². The average Bonchev–Trinajstić information content (AvgIpc) is 3.28. The highest BCUT2D eigenvalue weighted by molar-refractivity contribution is 5.78. The van der Waals surface area contributed by atoms with E-state index in [-0.39, 0.29) is 18.4 Å². The fourth-order valence-corrected chi connectivity index (χ4v) is 2.86. The number of halogens is 3. The van der Waals surface area contributed by atoms with Crippen molar-refractivity contribution < 1.29 is 22.6 Å². The minimum Gasteiger partial charge on any atom is -0.484 e. The Labute approximate surface area is 168 Å². The van der Waals surface area contributed by atoms with Crippen LogP contribution < -0.4 is 9.47 Å². The van der Waals surface area contributed by atoms with E-state index in [9.17, 15) is 13.2 Å². The second-order valence-electron chi connectivity index (χ2n) is 6.39. The Hall–Kier alpha value is -3.70. The number of alkyl halides is 3. The van der Waals surface area contributed by atoms with Gasteiger partial charge in [0.2, 0.25) is 0 Å². The highest BCUT2D eigenvalue weighted by Gasteiger charge is 2.29. The molecule has 0 spiro atoms. The molecule has 0 aliphatic heterocycles. The van der Waals surface area contributed by atoms with E-state index in [0.717, 1.165) is 5.52 Å². The summed E-state index contributed by atoms with van der Waals surface area (Å²) in [6.07, 6.45) is -3.06. The molecule has 3 aromatic heterocycles. The first-order valence-corrected chi connectivity index (χ1v) is 8.80. The molecule has 0 saturated heterocycles. The van der Waals surface area contributed by atoms with E-state index < -0.39 is 12.8 Å². The van der Waals surface area contributed by atoms with E-state index in [4.69, 9.17) is 9.47 Å². The molecule has 9 nitrogen and oxygen atoms in total. The molecular weight excluding hydrogens is 403 g/mol. The molecule has 0 radical (unpaired) electrons. The van der Waals surface area contributed by atoms with Crippen LogP contribution in [0.5, 0.6) is 11.8 Å². The van der Waals surface area contributed by atoms with Crippen molar-refractivity contribution in [3.8, 4) is 17.7 Å². The molecule has 3 heterocycles. The van der Waals surface area contributed by atoms with Crippen molar-refractivity contribution in [1.82, 2.24) is 34.7 Å². The quantitative estimate of drug-likeness (QED) is 0.474. The molecule has 4 aromatic rings. The van der Waals surface area contributed by atoms with Gasteiger partial charge < -0.3 is 9.47 Å². The smallest absolute Gasteiger partial charge is 0.422 e. The van der Waals surface area contributed by atoms with Gasteiger partial charge in [0.1, 0.15) is 12.4 Å². The topological polar surface area (TPSA) is 92.8 Å². The number of aromatic nitrogens is 7. The molecule has 0 atom stereocenters. The molecule has 156 valence electrons. The fraction of sp³-hybridized carbons (Fsp3) is 0.278. The molecular formula is C18H16F3N7O2. The van der Waals surface area contributed by atoms with Crippen LogP contribution in [0.4, 0.5) is 13.2 Å². The molecule has 0 aliphatic rings. The number of para-hydroxylation sites is 2. The molecule has 0 N–H and O–H groups in total. The third kappa shape index (κ3) is 3.88. The normalized spacial score (nSPS) is 11.8. The number of benzene rings is 1. The predicted octanol–water partition coefficient (Wildman–Crippen LogP) is 2.77.